The molecule has 0 radical (unpaired) electrons. The predicted octanol–water partition coefficient (Wildman–Crippen LogP) is 2.88. The summed E-state index contributed by atoms with van der Waals surface area (Å²) in [5.41, 5.74) is 9.69. The van der Waals surface area contributed by atoms with Crippen LogP contribution in [0.15, 0.2) is 55.0 Å². The van der Waals surface area contributed by atoms with E-state index < -0.39 is 11.9 Å². The zero-order valence-electron chi connectivity index (χ0n) is 23.5. The number of nitrogens with zero attached hydrogens (tertiary/aromatic N) is 4. The highest BCUT2D eigenvalue weighted by molar-refractivity contribution is 5.96. The van der Waals surface area contributed by atoms with E-state index in [-0.39, 0.29) is 36.6 Å². The Morgan fingerprint density at radius 1 is 1.19 bits per heavy atom. The van der Waals surface area contributed by atoms with Gasteiger partial charge in [0.05, 0.1) is 25.6 Å². The third-order valence-corrected chi connectivity index (χ3v) is 7.52. The first-order valence-corrected chi connectivity index (χ1v) is 13.8. The topological polar surface area (TPSA) is 147 Å². The molecule has 0 spiro atoms. The summed E-state index contributed by atoms with van der Waals surface area (Å²) in [5, 5.41) is 15.1. The molecule has 1 saturated heterocycles. The van der Waals surface area contributed by atoms with Crippen molar-refractivity contribution >= 4 is 29.0 Å². The number of halogens is 1. The minimum absolute atomic E-state index is 0.0786. The van der Waals surface area contributed by atoms with Crippen molar-refractivity contribution in [3.05, 3.63) is 71.9 Å². The molecule has 3 heterocycles. The van der Waals surface area contributed by atoms with Crippen LogP contribution < -0.4 is 21.1 Å². The lowest BCUT2D eigenvalue weighted by Crippen LogP contribution is -2.46. The highest BCUT2D eigenvalue weighted by Gasteiger charge is 2.28. The Bertz CT molecular complexity index is 1600. The van der Waals surface area contributed by atoms with Crippen molar-refractivity contribution < 1.29 is 23.8 Å². The Hall–Kier alpha value is -4.55. The number of amides is 2. The summed E-state index contributed by atoms with van der Waals surface area (Å²) in [6, 6.07) is 9.75. The average Bonchev–Trinajstić information content (AvgIpc) is 3.45. The van der Waals surface area contributed by atoms with Gasteiger partial charge in [-0.05, 0) is 61.7 Å². The molecule has 2 amide bonds. The quantitative estimate of drug-likeness (QED) is 0.238. The van der Waals surface area contributed by atoms with E-state index in [1.165, 1.54) is 13.2 Å². The molecule has 5 N–H and O–H groups in total. The fraction of sp³-hybridized carbons (Fsp3) is 0.333. The first-order valence-electron chi connectivity index (χ1n) is 13.8. The molecule has 5 rings (SSSR count). The van der Waals surface area contributed by atoms with Gasteiger partial charge in [-0.3, -0.25) is 14.0 Å². The molecule has 1 unspecified atom stereocenters. The number of nitrogens with one attached hydrogen (secondary N) is 2. The number of rotatable bonds is 9. The molecule has 0 aliphatic carbocycles. The molecule has 42 heavy (non-hydrogen) atoms. The Kier molecular flexibility index (Phi) is 8.64. The second-order valence-electron chi connectivity index (χ2n) is 10.4. The summed E-state index contributed by atoms with van der Waals surface area (Å²) in [4.78, 5) is 36.4. The van der Waals surface area contributed by atoms with Gasteiger partial charge in [0.2, 0.25) is 5.91 Å². The van der Waals surface area contributed by atoms with Crippen LogP contribution in [0, 0.1) is 18.7 Å². The van der Waals surface area contributed by atoms with Crippen molar-refractivity contribution in [3.63, 3.8) is 0 Å². The number of aliphatic hydroxyl groups is 1. The van der Waals surface area contributed by atoms with Crippen LogP contribution in [0.3, 0.4) is 0 Å². The van der Waals surface area contributed by atoms with E-state index in [9.17, 15) is 14.0 Å². The number of carbonyl (C=O) groups is 2. The van der Waals surface area contributed by atoms with Crippen LogP contribution in [0.1, 0.15) is 28.8 Å². The molecular weight excluding hydrogens is 541 g/mol. The van der Waals surface area contributed by atoms with Gasteiger partial charge in [0.15, 0.2) is 23.0 Å². The van der Waals surface area contributed by atoms with Gasteiger partial charge in [0, 0.05) is 60.8 Å². The third-order valence-electron chi connectivity index (χ3n) is 7.52. The number of methoxy groups -OCH3 is 1. The van der Waals surface area contributed by atoms with Crippen LogP contribution in [-0.4, -0.2) is 75.6 Å². The van der Waals surface area contributed by atoms with E-state index in [4.69, 9.17) is 15.6 Å². The molecule has 2 aromatic carbocycles. The number of hydrogen-bond acceptors (Lipinski definition) is 8. The van der Waals surface area contributed by atoms with E-state index in [0.29, 0.717) is 54.2 Å². The predicted molar refractivity (Wildman–Crippen MR) is 156 cm³/mol. The minimum atomic E-state index is -0.484. The number of carbonyl (C=O) groups excluding carboxylic acids is 2. The summed E-state index contributed by atoms with van der Waals surface area (Å²) >= 11 is 0. The van der Waals surface area contributed by atoms with Crippen molar-refractivity contribution in [2.75, 3.05) is 38.7 Å². The number of ether oxygens (including phenoxy) is 1. The number of aryl methyl sites for hydroxylation is 1. The van der Waals surface area contributed by atoms with Gasteiger partial charge in [-0.1, -0.05) is 0 Å². The van der Waals surface area contributed by atoms with Crippen molar-refractivity contribution in [2.45, 2.75) is 25.8 Å². The normalized spacial score (nSPS) is 14.5. The molecule has 11 nitrogen and oxygen atoms in total. The maximum atomic E-state index is 14.3. The van der Waals surface area contributed by atoms with Gasteiger partial charge in [0.1, 0.15) is 0 Å². The molecule has 0 saturated carbocycles. The summed E-state index contributed by atoms with van der Waals surface area (Å²) < 4.78 is 21.2. The zero-order valence-corrected chi connectivity index (χ0v) is 23.5. The Balaban J connectivity index is 1.26. The molecule has 0 bridgehead atoms. The lowest BCUT2D eigenvalue weighted by Gasteiger charge is -2.32. The van der Waals surface area contributed by atoms with E-state index >= 15 is 0 Å². The van der Waals surface area contributed by atoms with E-state index in [1.54, 1.807) is 41.7 Å². The summed E-state index contributed by atoms with van der Waals surface area (Å²) in [6.45, 7) is 2.87. The number of benzene rings is 2. The molecule has 1 aliphatic rings. The first-order chi connectivity index (χ1) is 20.3. The van der Waals surface area contributed by atoms with Gasteiger partial charge in [-0.15, -0.1) is 0 Å². The number of likely N-dealkylation sites (tertiary alicyclic amines) is 1. The Morgan fingerprint density at radius 2 is 1.98 bits per heavy atom. The number of aromatic nitrogens is 3. The molecule has 1 aliphatic heterocycles. The molecule has 4 aromatic rings. The zero-order chi connectivity index (χ0) is 29.8. The third kappa shape index (κ3) is 6.04. The lowest BCUT2D eigenvalue weighted by molar-refractivity contribution is -0.126. The van der Waals surface area contributed by atoms with Gasteiger partial charge < -0.3 is 31.1 Å². The summed E-state index contributed by atoms with van der Waals surface area (Å²) in [7, 11) is 1.42. The molecular formula is C30H34FN7O4. The van der Waals surface area contributed by atoms with Crippen LogP contribution in [0.25, 0.3) is 16.9 Å². The van der Waals surface area contributed by atoms with Crippen LogP contribution >= 0.6 is 0 Å². The highest BCUT2D eigenvalue weighted by atomic mass is 19.1. The summed E-state index contributed by atoms with van der Waals surface area (Å²) in [6.07, 6.45) is 6.18. The molecule has 2 aromatic heterocycles. The Labute approximate surface area is 242 Å². The smallest absolute Gasteiger partial charge is 0.254 e. The van der Waals surface area contributed by atoms with E-state index in [0.717, 1.165) is 11.3 Å². The van der Waals surface area contributed by atoms with Gasteiger partial charge in [-0.2, -0.15) is 0 Å². The monoisotopic (exact) mass is 575 g/mol. The number of fused-ring (bicyclic) bond motifs is 1. The lowest BCUT2D eigenvalue weighted by atomic mass is 9.95. The first kappa shape index (κ1) is 29.0. The molecule has 220 valence electrons. The fourth-order valence-corrected chi connectivity index (χ4v) is 5.12. The number of anilines is 2. The maximum absolute atomic E-state index is 14.3. The number of hydrogen-bond donors (Lipinski definition) is 4. The number of nitrogens with two attached hydrogens (primary N) is 1. The maximum Gasteiger partial charge on any atom is 0.254 e. The van der Waals surface area contributed by atoms with Crippen LogP contribution in [0.5, 0.6) is 5.75 Å². The second-order valence-corrected chi connectivity index (χ2v) is 10.4. The van der Waals surface area contributed by atoms with Crippen molar-refractivity contribution in [2.24, 2.45) is 11.7 Å². The SMILES string of the molecule is COc1ccc(-c2cnc3c(Nc4ccc(C(=O)N5CCC(C(=O)NCC(N)CO)CC5)c(C)c4)nccn23)cc1F. The van der Waals surface area contributed by atoms with Crippen molar-refractivity contribution in [1.29, 1.82) is 0 Å². The molecule has 1 atom stereocenters. The number of imidazole rings is 1. The molecule has 1 fully saturated rings. The standard InChI is InChI=1S/C30H34FN7O4/c1-18-13-22(4-5-23(18)30(41)37-10-7-19(8-11-37)29(40)35-15-21(32)17-39)36-27-28-34-16-25(38(28)12-9-33-27)20-3-6-26(42-2)24(31)14-20/h3-6,9,12-14,16,19,21,39H,7-8,10-11,15,17,32H2,1-2H3,(H,33,36)(H,35,40). The van der Waals surface area contributed by atoms with Gasteiger partial charge in [-0.25, -0.2) is 14.4 Å². The summed E-state index contributed by atoms with van der Waals surface area (Å²) in [5.74, 6) is -0.142. The van der Waals surface area contributed by atoms with Gasteiger partial charge >= 0.3 is 0 Å². The van der Waals surface area contributed by atoms with Gasteiger partial charge in [0.25, 0.3) is 5.91 Å². The van der Waals surface area contributed by atoms with E-state index in [2.05, 4.69) is 20.6 Å². The molecule has 12 heteroatoms. The van der Waals surface area contributed by atoms with E-state index in [1.807, 2.05) is 23.5 Å². The van der Waals surface area contributed by atoms with Crippen LogP contribution in [0.2, 0.25) is 0 Å². The number of piperidine rings is 1. The van der Waals surface area contributed by atoms with Crippen LogP contribution in [-0.2, 0) is 4.79 Å². The second kappa shape index (κ2) is 12.5. The highest BCUT2D eigenvalue weighted by Crippen LogP contribution is 2.29. The largest absolute Gasteiger partial charge is 0.494 e. The number of aliphatic hydroxyl groups excluding tert-OH is 1. The average molecular weight is 576 g/mol. The van der Waals surface area contributed by atoms with Crippen molar-refractivity contribution in [3.8, 4) is 17.0 Å². The Morgan fingerprint density at radius 3 is 2.67 bits per heavy atom. The fourth-order valence-electron chi connectivity index (χ4n) is 5.12. The van der Waals surface area contributed by atoms with Crippen molar-refractivity contribution in [1.82, 2.24) is 24.6 Å². The van der Waals surface area contributed by atoms with Crippen LogP contribution in [0.4, 0.5) is 15.9 Å². The minimum Gasteiger partial charge on any atom is -0.494 e.